The number of amides is 4. The molecule has 38 heavy (non-hydrogen) atoms. The first-order valence-corrected chi connectivity index (χ1v) is 12.7. The summed E-state index contributed by atoms with van der Waals surface area (Å²) in [5, 5.41) is 8.95. The highest BCUT2D eigenvalue weighted by Crippen LogP contribution is 2.31. The molecule has 2 aliphatic heterocycles. The molecule has 2 aliphatic rings. The highest BCUT2D eigenvalue weighted by molar-refractivity contribution is 5.92. The lowest BCUT2D eigenvalue weighted by Crippen LogP contribution is -2.65. The van der Waals surface area contributed by atoms with E-state index in [9.17, 15) is 14.4 Å². The van der Waals surface area contributed by atoms with Gasteiger partial charge in [-0.3, -0.25) is 14.6 Å². The SMILES string of the molecule is CNC(=O)N(C)N1CC(=O)N2[C@@H](Cc3ccc4occc4c3)C(=O)N(Cc3cccc4ccccc34)C[C@@H]21. The van der Waals surface area contributed by atoms with Crippen LogP contribution in [0, 0.1) is 0 Å². The largest absolute Gasteiger partial charge is 0.464 e. The van der Waals surface area contributed by atoms with E-state index < -0.39 is 12.2 Å². The summed E-state index contributed by atoms with van der Waals surface area (Å²) in [7, 11) is 3.20. The van der Waals surface area contributed by atoms with Crippen LogP contribution in [0.4, 0.5) is 4.79 Å². The van der Waals surface area contributed by atoms with Crippen molar-refractivity contribution < 1.29 is 18.8 Å². The van der Waals surface area contributed by atoms with Crippen LogP contribution < -0.4 is 5.32 Å². The van der Waals surface area contributed by atoms with Gasteiger partial charge in [-0.1, -0.05) is 48.5 Å². The van der Waals surface area contributed by atoms with Gasteiger partial charge in [-0.25, -0.2) is 4.79 Å². The number of hydrogen-bond acceptors (Lipinski definition) is 5. The second kappa shape index (κ2) is 9.50. The summed E-state index contributed by atoms with van der Waals surface area (Å²) in [6, 6.07) is 20.9. The number of nitrogens with one attached hydrogen (secondary N) is 1. The average Bonchev–Trinajstić information content (AvgIpc) is 3.54. The summed E-state index contributed by atoms with van der Waals surface area (Å²) in [6.07, 6.45) is 1.55. The predicted octanol–water partition coefficient (Wildman–Crippen LogP) is 3.20. The lowest BCUT2D eigenvalue weighted by atomic mass is 9.98. The summed E-state index contributed by atoms with van der Waals surface area (Å²) in [6.45, 7) is 0.737. The molecule has 0 aliphatic carbocycles. The van der Waals surface area contributed by atoms with Crippen LogP contribution in [-0.2, 0) is 22.6 Å². The van der Waals surface area contributed by atoms with E-state index in [-0.39, 0.29) is 24.4 Å². The Hall–Kier alpha value is -4.37. The number of nitrogens with zero attached hydrogens (tertiary/aromatic N) is 4. The molecule has 0 bridgehead atoms. The summed E-state index contributed by atoms with van der Waals surface area (Å²) in [5.74, 6) is -0.266. The fraction of sp³-hybridized carbons (Fsp3) is 0.276. The number of benzene rings is 3. The van der Waals surface area contributed by atoms with Crippen molar-refractivity contribution in [3.05, 3.63) is 84.1 Å². The lowest BCUT2D eigenvalue weighted by Gasteiger charge is -2.45. The predicted molar refractivity (Wildman–Crippen MR) is 143 cm³/mol. The Bertz CT molecular complexity index is 1540. The molecule has 0 unspecified atom stereocenters. The molecule has 4 aromatic rings. The minimum atomic E-state index is -0.691. The Kier molecular flexibility index (Phi) is 6.00. The third kappa shape index (κ3) is 4.05. The Labute approximate surface area is 220 Å². The number of rotatable bonds is 5. The lowest BCUT2D eigenvalue weighted by molar-refractivity contribution is -0.157. The molecule has 0 saturated carbocycles. The average molecular weight is 512 g/mol. The number of fused-ring (bicyclic) bond motifs is 3. The van der Waals surface area contributed by atoms with Crippen molar-refractivity contribution in [2.45, 2.75) is 25.2 Å². The molecule has 0 spiro atoms. The fourth-order valence-electron chi connectivity index (χ4n) is 5.73. The van der Waals surface area contributed by atoms with Gasteiger partial charge in [0.25, 0.3) is 0 Å². The van der Waals surface area contributed by atoms with E-state index in [2.05, 4.69) is 23.5 Å². The third-order valence-electron chi connectivity index (χ3n) is 7.65. The molecule has 3 aromatic carbocycles. The van der Waals surface area contributed by atoms with Crippen LogP contribution in [0.1, 0.15) is 11.1 Å². The van der Waals surface area contributed by atoms with Crippen molar-refractivity contribution in [1.29, 1.82) is 0 Å². The topological polar surface area (TPSA) is 89.3 Å². The van der Waals surface area contributed by atoms with Gasteiger partial charge in [0.2, 0.25) is 11.8 Å². The van der Waals surface area contributed by atoms with Gasteiger partial charge in [-0.05, 0) is 40.1 Å². The summed E-state index contributed by atoms with van der Waals surface area (Å²) < 4.78 is 5.47. The van der Waals surface area contributed by atoms with E-state index in [0.29, 0.717) is 19.5 Å². The van der Waals surface area contributed by atoms with Gasteiger partial charge in [0.1, 0.15) is 17.8 Å². The van der Waals surface area contributed by atoms with Gasteiger partial charge in [-0.2, -0.15) is 5.01 Å². The molecule has 1 aromatic heterocycles. The molecule has 9 nitrogen and oxygen atoms in total. The van der Waals surface area contributed by atoms with Gasteiger partial charge >= 0.3 is 6.03 Å². The second-order valence-electron chi connectivity index (χ2n) is 9.83. The van der Waals surface area contributed by atoms with Crippen LogP contribution in [0.25, 0.3) is 21.7 Å². The molecule has 9 heteroatoms. The van der Waals surface area contributed by atoms with E-state index in [1.807, 2.05) is 53.4 Å². The zero-order chi connectivity index (χ0) is 26.4. The van der Waals surface area contributed by atoms with E-state index in [0.717, 1.165) is 32.9 Å². The number of furan rings is 1. The number of urea groups is 1. The van der Waals surface area contributed by atoms with Crippen LogP contribution in [0.2, 0.25) is 0 Å². The number of piperazine rings is 1. The first-order valence-electron chi connectivity index (χ1n) is 12.7. The summed E-state index contributed by atoms with van der Waals surface area (Å²) >= 11 is 0. The Morgan fingerprint density at radius 3 is 2.71 bits per heavy atom. The van der Waals surface area contributed by atoms with Crippen molar-refractivity contribution >= 4 is 39.6 Å². The fourth-order valence-corrected chi connectivity index (χ4v) is 5.73. The van der Waals surface area contributed by atoms with Crippen LogP contribution in [0.3, 0.4) is 0 Å². The molecular weight excluding hydrogens is 482 g/mol. The minimum absolute atomic E-state index is 0.0290. The first-order chi connectivity index (χ1) is 18.4. The number of carbonyl (C=O) groups excluding carboxylic acids is 3. The zero-order valence-electron chi connectivity index (χ0n) is 21.3. The number of carbonyl (C=O) groups is 3. The highest BCUT2D eigenvalue weighted by atomic mass is 16.3. The molecule has 3 heterocycles. The van der Waals surface area contributed by atoms with Crippen LogP contribution in [-0.4, -0.2) is 77.1 Å². The molecule has 4 amide bonds. The Morgan fingerprint density at radius 1 is 1.05 bits per heavy atom. The van der Waals surface area contributed by atoms with Gasteiger partial charge in [0.05, 0.1) is 19.4 Å². The maximum atomic E-state index is 14.0. The molecule has 2 fully saturated rings. The maximum Gasteiger partial charge on any atom is 0.331 e. The minimum Gasteiger partial charge on any atom is -0.464 e. The normalized spacial score (nSPS) is 19.8. The Morgan fingerprint density at radius 2 is 1.87 bits per heavy atom. The molecule has 1 N–H and O–H groups in total. The third-order valence-corrected chi connectivity index (χ3v) is 7.65. The molecular formula is C29H29N5O4. The van der Waals surface area contributed by atoms with Gasteiger partial charge in [-0.15, -0.1) is 0 Å². The number of hydrazine groups is 1. The van der Waals surface area contributed by atoms with Crippen LogP contribution in [0.5, 0.6) is 0 Å². The van der Waals surface area contributed by atoms with Gasteiger partial charge < -0.3 is 19.5 Å². The summed E-state index contributed by atoms with van der Waals surface area (Å²) in [5.41, 5.74) is 2.75. The Balaban J connectivity index is 1.37. The number of hydrogen-bond donors (Lipinski definition) is 1. The van der Waals surface area contributed by atoms with Gasteiger partial charge in [0.15, 0.2) is 0 Å². The van der Waals surface area contributed by atoms with E-state index in [4.69, 9.17) is 4.42 Å². The zero-order valence-corrected chi connectivity index (χ0v) is 21.3. The van der Waals surface area contributed by atoms with E-state index in [1.54, 1.807) is 30.3 Å². The van der Waals surface area contributed by atoms with Crippen LogP contribution in [0.15, 0.2) is 77.4 Å². The first kappa shape index (κ1) is 24.0. The van der Waals surface area contributed by atoms with Crippen molar-refractivity contribution in [2.75, 3.05) is 27.2 Å². The highest BCUT2D eigenvalue weighted by Gasteiger charge is 2.51. The van der Waals surface area contributed by atoms with Crippen molar-refractivity contribution in [3.8, 4) is 0 Å². The standard InChI is InChI=1S/C29H29N5O4/c1-30-29(37)31(2)33-18-27(35)34-24(15-19-10-11-25-21(14-19)12-13-38-25)28(36)32(17-26(33)34)16-22-8-5-7-20-6-3-4-9-23(20)22/h3-14,24,26H,15-18H2,1-2H3,(H,30,37)/t24-,26+/m0/s1. The molecule has 194 valence electrons. The molecule has 6 rings (SSSR count). The van der Waals surface area contributed by atoms with E-state index in [1.165, 1.54) is 5.01 Å². The van der Waals surface area contributed by atoms with Gasteiger partial charge in [0, 0.05) is 32.4 Å². The van der Waals surface area contributed by atoms with Crippen molar-refractivity contribution in [1.82, 2.24) is 25.1 Å². The van der Waals surface area contributed by atoms with Crippen molar-refractivity contribution in [2.24, 2.45) is 0 Å². The second-order valence-corrected chi connectivity index (χ2v) is 9.83. The quantitative estimate of drug-likeness (QED) is 0.445. The van der Waals surface area contributed by atoms with Crippen LogP contribution >= 0.6 is 0 Å². The molecule has 2 atom stereocenters. The molecule has 2 saturated heterocycles. The van der Waals surface area contributed by atoms with E-state index >= 15 is 0 Å². The molecule has 0 radical (unpaired) electrons. The summed E-state index contributed by atoms with van der Waals surface area (Å²) in [4.78, 5) is 43.4. The van der Waals surface area contributed by atoms with Crippen molar-refractivity contribution in [3.63, 3.8) is 0 Å². The maximum absolute atomic E-state index is 14.0. The monoisotopic (exact) mass is 511 g/mol. The smallest absolute Gasteiger partial charge is 0.331 e.